The van der Waals surface area contributed by atoms with E-state index in [-0.39, 0.29) is 5.78 Å². The van der Waals surface area contributed by atoms with Gasteiger partial charge in [-0.05, 0) is 41.5 Å². The Morgan fingerprint density at radius 1 is 1.06 bits per heavy atom. The van der Waals surface area contributed by atoms with E-state index in [0.29, 0.717) is 22.9 Å². The lowest BCUT2D eigenvalue weighted by Gasteiger charge is -2.04. The largest absolute Gasteiger partial charge is 0.299 e. The molecule has 0 aliphatic carbocycles. The van der Waals surface area contributed by atoms with Crippen LogP contribution in [0.25, 0.3) is 0 Å². The van der Waals surface area contributed by atoms with E-state index >= 15 is 0 Å². The SMILES string of the molecule is O=C(Cc1ccncc1)Cc1cc(Cl)ccc1Cl. The number of hydrogen-bond acceptors (Lipinski definition) is 2. The summed E-state index contributed by atoms with van der Waals surface area (Å²) < 4.78 is 0. The molecule has 0 bridgehead atoms. The maximum Gasteiger partial charge on any atom is 0.141 e. The maximum absolute atomic E-state index is 11.9. The van der Waals surface area contributed by atoms with Gasteiger partial charge < -0.3 is 0 Å². The van der Waals surface area contributed by atoms with Crippen molar-refractivity contribution in [2.75, 3.05) is 0 Å². The Morgan fingerprint density at radius 2 is 1.78 bits per heavy atom. The minimum atomic E-state index is 0.102. The Kier molecular flexibility index (Phi) is 4.34. The molecule has 0 atom stereocenters. The number of halogens is 2. The summed E-state index contributed by atoms with van der Waals surface area (Å²) in [6.45, 7) is 0. The van der Waals surface area contributed by atoms with Gasteiger partial charge in [-0.15, -0.1) is 0 Å². The van der Waals surface area contributed by atoms with Crippen molar-refractivity contribution in [2.24, 2.45) is 0 Å². The Labute approximate surface area is 116 Å². The molecule has 2 nitrogen and oxygen atoms in total. The minimum absolute atomic E-state index is 0.102. The Hall–Kier alpha value is -1.38. The third kappa shape index (κ3) is 3.56. The van der Waals surface area contributed by atoms with Gasteiger partial charge in [-0.3, -0.25) is 9.78 Å². The van der Waals surface area contributed by atoms with E-state index in [1.54, 1.807) is 30.6 Å². The molecule has 0 aliphatic heterocycles. The lowest BCUT2D eigenvalue weighted by Crippen LogP contribution is -2.07. The highest BCUT2D eigenvalue weighted by atomic mass is 35.5. The fourth-order valence-electron chi connectivity index (χ4n) is 1.68. The third-order valence-corrected chi connectivity index (χ3v) is 3.15. The van der Waals surface area contributed by atoms with Crippen LogP contribution in [0.3, 0.4) is 0 Å². The van der Waals surface area contributed by atoms with E-state index in [2.05, 4.69) is 4.98 Å². The number of ketones is 1. The molecular formula is C14H11Cl2NO. The molecule has 0 unspecified atom stereocenters. The van der Waals surface area contributed by atoms with Gasteiger partial charge >= 0.3 is 0 Å². The summed E-state index contributed by atoms with van der Waals surface area (Å²) in [6.07, 6.45) is 4.02. The first-order chi connectivity index (χ1) is 8.65. The number of carbonyl (C=O) groups excluding carboxylic acids is 1. The van der Waals surface area contributed by atoms with Crippen molar-refractivity contribution in [3.8, 4) is 0 Å². The zero-order valence-corrected chi connectivity index (χ0v) is 11.1. The topological polar surface area (TPSA) is 30.0 Å². The number of benzene rings is 1. The zero-order chi connectivity index (χ0) is 13.0. The first-order valence-electron chi connectivity index (χ1n) is 5.49. The van der Waals surface area contributed by atoms with Crippen molar-refractivity contribution >= 4 is 29.0 Å². The van der Waals surface area contributed by atoms with Gasteiger partial charge in [-0.1, -0.05) is 23.2 Å². The molecule has 2 rings (SSSR count). The summed E-state index contributed by atoms with van der Waals surface area (Å²) in [5.41, 5.74) is 1.72. The molecule has 4 heteroatoms. The average molecular weight is 280 g/mol. The fourth-order valence-corrected chi connectivity index (χ4v) is 2.06. The predicted octanol–water partition coefficient (Wildman–Crippen LogP) is 3.74. The number of hydrogen-bond donors (Lipinski definition) is 0. The van der Waals surface area contributed by atoms with Crippen LogP contribution in [0.5, 0.6) is 0 Å². The van der Waals surface area contributed by atoms with E-state index in [1.807, 2.05) is 12.1 Å². The highest BCUT2D eigenvalue weighted by Crippen LogP contribution is 2.21. The van der Waals surface area contributed by atoms with Gasteiger partial charge in [0.15, 0.2) is 0 Å². The molecule has 18 heavy (non-hydrogen) atoms. The van der Waals surface area contributed by atoms with Gasteiger partial charge in [0.25, 0.3) is 0 Å². The summed E-state index contributed by atoms with van der Waals surface area (Å²) in [7, 11) is 0. The lowest BCUT2D eigenvalue weighted by atomic mass is 10.0. The van der Waals surface area contributed by atoms with E-state index in [1.165, 1.54) is 0 Å². The highest BCUT2D eigenvalue weighted by Gasteiger charge is 2.08. The molecule has 2 aromatic rings. The summed E-state index contributed by atoms with van der Waals surface area (Å²) >= 11 is 11.9. The number of nitrogens with zero attached hydrogens (tertiary/aromatic N) is 1. The second-order valence-corrected chi connectivity index (χ2v) is 4.83. The van der Waals surface area contributed by atoms with Crippen molar-refractivity contribution in [3.05, 3.63) is 63.9 Å². The van der Waals surface area contributed by atoms with Gasteiger partial charge in [-0.25, -0.2) is 0 Å². The molecule has 1 aromatic heterocycles. The number of Topliss-reactive ketones (excluding diaryl/α,β-unsaturated/α-hetero) is 1. The maximum atomic E-state index is 11.9. The van der Waals surface area contributed by atoms with Gasteiger partial charge in [0.05, 0.1) is 0 Å². The molecule has 0 saturated heterocycles. The molecule has 0 radical (unpaired) electrons. The van der Waals surface area contributed by atoms with Crippen molar-refractivity contribution in [2.45, 2.75) is 12.8 Å². The van der Waals surface area contributed by atoms with Crippen LogP contribution in [-0.4, -0.2) is 10.8 Å². The molecular weight excluding hydrogens is 269 g/mol. The van der Waals surface area contributed by atoms with E-state index < -0.39 is 0 Å². The standard InChI is InChI=1S/C14H11Cl2NO/c15-12-1-2-14(16)11(8-12)9-13(18)7-10-3-5-17-6-4-10/h1-6,8H,7,9H2. The van der Waals surface area contributed by atoms with Gasteiger partial charge in [0, 0.05) is 35.3 Å². The number of aromatic nitrogens is 1. The van der Waals surface area contributed by atoms with E-state index in [9.17, 15) is 4.79 Å². The highest BCUT2D eigenvalue weighted by molar-refractivity contribution is 6.33. The number of pyridine rings is 1. The zero-order valence-electron chi connectivity index (χ0n) is 9.57. The van der Waals surface area contributed by atoms with Crippen LogP contribution in [0.2, 0.25) is 10.0 Å². The first kappa shape index (κ1) is 13.1. The monoisotopic (exact) mass is 279 g/mol. The average Bonchev–Trinajstić information content (AvgIpc) is 2.35. The molecule has 1 heterocycles. The third-order valence-electron chi connectivity index (χ3n) is 2.55. The van der Waals surface area contributed by atoms with Crippen LogP contribution in [-0.2, 0) is 17.6 Å². The minimum Gasteiger partial charge on any atom is -0.299 e. The Bertz CT molecular complexity index is 555. The van der Waals surface area contributed by atoms with Gasteiger partial charge in [0.2, 0.25) is 0 Å². The second-order valence-electron chi connectivity index (χ2n) is 3.98. The summed E-state index contributed by atoms with van der Waals surface area (Å²) in [6, 6.07) is 8.81. The van der Waals surface area contributed by atoms with Gasteiger partial charge in [0.1, 0.15) is 5.78 Å². The normalized spacial score (nSPS) is 10.3. The lowest BCUT2D eigenvalue weighted by molar-refractivity contribution is -0.117. The van der Waals surface area contributed by atoms with Crippen LogP contribution in [0.4, 0.5) is 0 Å². The molecule has 92 valence electrons. The summed E-state index contributed by atoms with van der Waals surface area (Å²) in [4.78, 5) is 15.8. The summed E-state index contributed by atoms with van der Waals surface area (Å²) in [5, 5.41) is 1.16. The molecule has 0 amide bonds. The van der Waals surface area contributed by atoms with Crippen molar-refractivity contribution in [1.82, 2.24) is 4.98 Å². The van der Waals surface area contributed by atoms with Gasteiger partial charge in [-0.2, -0.15) is 0 Å². The predicted molar refractivity (Wildman–Crippen MR) is 73.1 cm³/mol. The van der Waals surface area contributed by atoms with E-state index in [0.717, 1.165) is 11.1 Å². The Balaban J connectivity index is 2.05. The van der Waals surface area contributed by atoms with Crippen molar-refractivity contribution < 1.29 is 4.79 Å². The van der Waals surface area contributed by atoms with Crippen molar-refractivity contribution in [3.63, 3.8) is 0 Å². The van der Waals surface area contributed by atoms with Crippen LogP contribution < -0.4 is 0 Å². The Morgan fingerprint density at radius 3 is 2.50 bits per heavy atom. The molecule has 0 aliphatic rings. The van der Waals surface area contributed by atoms with Crippen LogP contribution in [0.15, 0.2) is 42.7 Å². The molecule has 0 N–H and O–H groups in total. The molecule has 0 spiro atoms. The molecule has 0 fully saturated rings. The van der Waals surface area contributed by atoms with E-state index in [4.69, 9.17) is 23.2 Å². The molecule has 1 aromatic carbocycles. The fraction of sp³-hybridized carbons (Fsp3) is 0.143. The number of rotatable bonds is 4. The first-order valence-corrected chi connectivity index (χ1v) is 6.25. The second kappa shape index (κ2) is 5.98. The van der Waals surface area contributed by atoms with Crippen molar-refractivity contribution in [1.29, 1.82) is 0 Å². The quantitative estimate of drug-likeness (QED) is 0.853. The van der Waals surface area contributed by atoms with Crippen LogP contribution in [0.1, 0.15) is 11.1 Å². The summed E-state index contributed by atoms with van der Waals surface area (Å²) in [5.74, 6) is 0.102. The molecule has 0 saturated carbocycles. The van der Waals surface area contributed by atoms with Crippen LogP contribution >= 0.6 is 23.2 Å². The van der Waals surface area contributed by atoms with Crippen LogP contribution in [0, 0.1) is 0 Å². The number of carbonyl (C=O) groups is 1. The smallest absolute Gasteiger partial charge is 0.141 e.